The van der Waals surface area contributed by atoms with Crippen LogP contribution in [0.3, 0.4) is 0 Å². The Morgan fingerprint density at radius 1 is 1.29 bits per heavy atom. The first-order chi connectivity index (χ1) is 9.95. The molecule has 2 N–H and O–H groups in total. The number of ether oxygens (including phenoxy) is 1. The van der Waals surface area contributed by atoms with Crippen LogP contribution in [0.4, 0.5) is 13.2 Å². The summed E-state index contributed by atoms with van der Waals surface area (Å²) in [5, 5.41) is 0. The lowest BCUT2D eigenvalue weighted by atomic mass is 9.90. The van der Waals surface area contributed by atoms with Crippen LogP contribution in [0, 0.1) is 17.5 Å². The van der Waals surface area contributed by atoms with Crippen molar-refractivity contribution in [3.8, 4) is 0 Å². The van der Waals surface area contributed by atoms with E-state index in [1.54, 1.807) is 0 Å². The molecule has 0 aliphatic carbocycles. The van der Waals surface area contributed by atoms with E-state index in [9.17, 15) is 18.0 Å². The van der Waals surface area contributed by atoms with Gasteiger partial charge < -0.3 is 15.4 Å². The fourth-order valence-corrected chi connectivity index (χ4v) is 2.59. The van der Waals surface area contributed by atoms with Crippen molar-refractivity contribution in [2.24, 2.45) is 5.73 Å². The van der Waals surface area contributed by atoms with Crippen LogP contribution >= 0.6 is 0 Å². The van der Waals surface area contributed by atoms with Gasteiger partial charge in [-0.25, -0.2) is 13.2 Å². The molecule has 0 spiro atoms. The highest BCUT2D eigenvalue weighted by atomic mass is 19.2. The summed E-state index contributed by atoms with van der Waals surface area (Å²) in [4.78, 5) is 13.4. The van der Waals surface area contributed by atoms with Gasteiger partial charge in [0.15, 0.2) is 11.6 Å². The van der Waals surface area contributed by atoms with E-state index in [-0.39, 0.29) is 31.0 Å². The second-order valence-corrected chi connectivity index (χ2v) is 5.02. The van der Waals surface area contributed by atoms with Gasteiger partial charge in [-0.3, -0.25) is 4.79 Å². The second-order valence-electron chi connectivity index (χ2n) is 5.02. The van der Waals surface area contributed by atoms with Gasteiger partial charge in [-0.15, -0.1) is 0 Å². The fourth-order valence-electron chi connectivity index (χ4n) is 2.59. The van der Waals surface area contributed by atoms with Gasteiger partial charge in [-0.2, -0.15) is 0 Å². The lowest BCUT2D eigenvalue weighted by Crippen LogP contribution is -2.50. The van der Waals surface area contributed by atoms with E-state index in [2.05, 4.69) is 0 Å². The summed E-state index contributed by atoms with van der Waals surface area (Å²) in [6.07, 6.45) is 0.609. The van der Waals surface area contributed by atoms with E-state index >= 15 is 0 Å². The van der Waals surface area contributed by atoms with Gasteiger partial charge in [-0.1, -0.05) is 0 Å². The van der Waals surface area contributed by atoms with Crippen molar-refractivity contribution in [2.75, 3.05) is 20.3 Å². The lowest BCUT2D eigenvalue weighted by molar-refractivity contribution is -0.138. The first-order valence-electron chi connectivity index (χ1n) is 6.64. The zero-order chi connectivity index (χ0) is 15.6. The Balaban J connectivity index is 2.40. The molecule has 2 rings (SSSR count). The van der Waals surface area contributed by atoms with Crippen molar-refractivity contribution < 1.29 is 22.7 Å². The number of hydrogen-bond donors (Lipinski definition) is 1. The first-order valence-corrected chi connectivity index (χ1v) is 6.64. The molecule has 2 atom stereocenters. The summed E-state index contributed by atoms with van der Waals surface area (Å²) in [7, 11) is 1.47. The summed E-state index contributed by atoms with van der Waals surface area (Å²) >= 11 is 0. The normalized spacial score (nSPS) is 22.7. The molecular formula is C14H17F3N2O2. The van der Waals surface area contributed by atoms with Crippen molar-refractivity contribution in [1.29, 1.82) is 0 Å². The van der Waals surface area contributed by atoms with Crippen molar-refractivity contribution in [3.05, 3.63) is 35.1 Å². The summed E-state index contributed by atoms with van der Waals surface area (Å²) in [6.45, 7) is 0.465. The number of nitrogens with two attached hydrogens (primary N) is 1. The Labute approximate surface area is 120 Å². The largest absolute Gasteiger partial charge is 0.383 e. The zero-order valence-electron chi connectivity index (χ0n) is 11.6. The molecule has 0 bridgehead atoms. The predicted octanol–water partition coefficient (Wildman–Crippen LogP) is 1.74. The summed E-state index contributed by atoms with van der Waals surface area (Å²) in [5.41, 5.74) is 5.87. The highest BCUT2D eigenvalue weighted by Crippen LogP contribution is 2.33. The molecule has 1 aromatic rings. The molecule has 1 aliphatic rings. The third-order valence-corrected chi connectivity index (χ3v) is 3.65. The van der Waals surface area contributed by atoms with Crippen LogP contribution in [0.15, 0.2) is 12.1 Å². The van der Waals surface area contributed by atoms with Crippen LogP contribution in [0.25, 0.3) is 0 Å². The average Bonchev–Trinajstić information content (AvgIpc) is 2.44. The van der Waals surface area contributed by atoms with Gasteiger partial charge in [0.05, 0.1) is 12.6 Å². The monoisotopic (exact) mass is 302 g/mol. The van der Waals surface area contributed by atoms with Crippen LogP contribution in [0.2, 0.25) is 0 Å². The summed E-state index contributed by atoms with van der Waals surface area (Å²) in [5.74, 6) is -3.55. The topological polar surface area (TPSA) is 55.6 Å². The van der Waals surface area contributed by atoms with Gasteiger partial charge >= 0.3 is 0 Å². The molecule has 0 aromatic heterocycles. The third-order valence-electron chi connectivity index (χ3n) is 3.65. The number of carbonyl (C=O) groups is 1. The van der Waals surface area contributed by atoms with E-state index in [1.165, 1.54) is 12.0 Å². The van der Waals surface area contributed by atoms with Crippen LogP contribution in [-0.2, 0) is 9.53 Å². The third kappa shape index (κ3) is 3.19. The maximum atomic E-state index is 14.0. The fraction of sp³-hybridized carbons (Fsp3) is 0.500. The number of piperidine rings is 1. The van der Waals surface area contributed by atoms with Gasteiger partial charge in [0, 0.05) is 37.7 Å². The van der Waals surface area contributed by atoms with E-state index in [4.69, 9.17) is 10.5 Å². The van der Waals surface area contributed by atoms with E-state index in [1.807, 2.05) is 0 Å². The highest BCUT2D eigenvalue weighted by molar-refractivity contribution is 5.78. The molecule has 7 heteroatoms. The number of amides is 1. The SMILES string of the molecule is COCCN1C(=O)CCC(N)C1c1cc(F)c(F)cc1F. The van der Waals surface area contributed by atoms with Crippen LogP contribution in [0.5, 0.6) is 0 Å². The lowest BCUT2D eigenvalue weighted by Gasteiger charge is -2.40. The molecule has 4 nitrogen and oxygen atoms in total. The van der Waals surface area contributed by atoms with Crippen LogP contribution in [0.1, 0.15) is 24.4 Å². The van der Waals surface area contributed by atoms with Crippen molar-refractivity contribution in [1.82, 2.24) is 4.90 Å². The zero-order valence-corrected chi connectivity index (χ0v) is 11.6. The van der Waals surface area contributed by atoms with Gasteiger partial charge in [0.2, 0.25) is 5.91 Å². The van der Waals surface area contributed by atoms with Crippen LogP contribution in [-0.4, -0.2) is 37.1 Å². The number of methoxy groups -OCH3 is 1. The molecule has 1 saturated heterocycles. The predicted molar refractivity (Wildman–Crippen MR) is 69.9 cm³/mol. The van der Waals surface area contributed by atoms with Crippen molar-refractivity contribution in [2.45, 2.75) is 24.9 Å². The van der Waals surface area contributed by atoms with E-state index in [0.717, 1.165) is 6.07 Å². The molecule has 1 amide bonds. The molecule has 0 saturated carbocycles. The Hall–Kier alpha value is -1.60. The minimum atomic E-state index is -1.27. The van der Waals surface area contributed by atoms with Crippen LogP contribution < -0.4 is 5.73 Å². The number of hydrogen-bond acceptors (Lipinski definition) is 3. The van der Waals surface area contributed by atoms with E-state index in [0.29, 0.717) is 12.5 Å². The Kier molecular flexibility index (Phi) is 4.84. The molecule has 116 valence electrons. The van der Waals surface area contributed by atoms with Gasteiger partial charge in [0.25, 0.3) is 0 Å². The minimum Gasteiger partial charge on any atom is -0.383 e. The highest BCUT2D eigenvalue weighted by Gasteiger charge is 2.36. The Morgan fingerprint density at radius 3 is 2.62 bits per heavy atom. The quantitative estimate of drug-likeness (QED) is 0.862. The van der Waals surface area contributed by atoms with E-state index < -0.39 is 29.5 Å². The standard InChI is InChI=1S/C14H17F3N2O2/c1-21-5-4-19-13(20)3-2-12(18)14(19)8-6-10(16)11(17)7-9(8)15/h6-7,12,14H,2-5,18H2,1H3. The molecule has 2 unspecified atom stereocenters. The van der Waals surface area contributed by atoms with Crippen molar-refractivity contribution >= 4 is 5.91 Å². The number of likely N-dealkylation sites (tertiary alicyclic amines) is 1. The summed E-state index contributed by atoms with van der Waals surface area (Å²) < 4.78 is 45.4. The minimum absolute atomic E-state index is 0.106. The molecule has 1 fully saturated rings. The molecule has 1 aliphatic heterocycles. The average molecular weight is 302 g/mol. The summed E-state index contributed by atoms with van der Waals surface area (Å²) in [6, 6.07) is -0.117. The van der Waals surface area contributed by atoms with Gasteiger partial charge in [-0.05, 0) is 12.5 Å². The van der Waals surface area contributed by atoms with Crippen molar-refractivity contribution in [3.63, 3.8) is 0 Å². The number of carbonyl (C=O) groups excluding carboxylic acids is 1. The number of halogens is 3. The smallest absolute Gasteiger partial charge is 0.223 e. The number of rotatable bonds is 4. The first kappa shape index (κ1) is 15.8. The molecule has 21 heavy (non-hydrogen) atoms. The Morgan fingerprint density at radius 2 is 1.95 bits per heavy atom. The molecule has 1 heterocycles. The maximum absolute atomic E-state index is 14.0. The number of nitrogens with zero attached hydrogens (tertiary/aromatic N) is 1. The Bertz CT molecular complexity index is 539. The molecule has 1 aromatic carbocycles. The second kappa shape index (κ2) is 6.44. The molecule has 0 radical (unpaired) electrons. The molecular weight excluding hydrogens is 285 g/mol. The van der Waals surface area contributed by atoms with Gasteiger partial charge in [0.1, 0.15) is 5.82 Å². The maximum Gasteiger partial charge on any atom is 0.223 e. The number of benzene rings is 1.